The van der Waals surface area contributed by atoms with Gasteiger partial charge in [-0.2, -0.15) is 0 Å². The number of hydrogen-bond donors (Lipinski definition) is 3. The maximum absolute atomic E-state index is 13.5. The third-order valence-electron chi connectivity index (χ3n) is 5.39. The molecule has 2 amide bonds. The van der Waals surface area contributed by atoms with Gasteiger partial charge in [0.25, 0.3) is 0 Å². The summed E-state index contributed by atoms with van der Waals surface area (Å²) in [5.41, 5.74) is 3.41. The summed E-state index contributed by atoms with van der Waals surface area (Å²) in [6.45, 7) is 0.311. The van der Waals surface area contributed by atoms with Crippen LogP contribution in [0.25, 0.3) is 10.9 Å². The zero-order valence-corrected chi connectivity index (χ0v) is 17.8. The average molecular weight is 433 g/mol. The number of methoxy groups -OCH3 is 2. The zero-order valence-electron chi connectivity index (χ0n) is 17.8. The van der Waals surface area contributed by atoms with E-state index < -0.39 is 0 Å². The molecule has 0 spiro atoms. The first-order valence-electron chi connectivity index (χ1n) is 10.2. The number of hydrogen-bond acceptors (Lipinski definition) is 3. The Labute approximate surface area is 185 Å². The van der Waals surface area contributed by atoms with Crippen molar-refractivity contribution in [3.8, 4) is 11.5 Å². The van der Waals surface area contributed by atoms with E-state index in [2.05, 4.69) is 15.6 Å². The fourth-order valence-corrected chi connectivity index (χ4v) is 3.76. The summed E-state index contributed by atoms with van der Waals surface area (Å²) in [5.74, 6) is 0.642. The summed E-state index contributed by atoms with van der Waals surface area (Å²) in [5, 5.41) is 6.80. The van der Waals surface area contributed by atoms with Gasteiger partial charge in [-0.05, 0) is 41.5 Å². The standard InChI is InChI=1S/C25H24FN3O3/c1-31-18-11-12-24(32-2)23(13-18)29-25(30)28-14-20(16-7-9-17(26)10-8-16)21-15-27-22-6-4-3-5-19(21)22/h3-13,15,20,27H,14H2,1-2H3,(H2,28,29,30)/t20-/m0/s1. The van der Waals surface area contributed by atoms with Gasteiger partial charge in [-0.3, -0.25) is 0 Å². The number of H-pyrrole nitrogens is 1. The van der Waals surface area contributed by atoms with Crippen molar-refractivity contribution in [2.45, 2.75) is 5.92 Å². The quantitative estimate of drug-likeness (QED) is 0.371. The normalized spacial score (nSPS) is 11.7. The number of ether oxygens (including phenoxy) is 2. The average Bonchev–Trinajstić information content (AvgIpc) is 3.24. The minimum absolute atomic E-state index is 0.176. The van der Waals surface area contributed by atoms with Crippen LogP contribution in [0.2, 0.25) is 0 Å². The van der Waals surface area contributed by atoms with Crippen molar-refractivity contribution in [2.75, 3.05) is 26.1 Å². The Balaban J connectivity index is 1.57. The van der Waals surface area contributed by atoms with Gasteiger partial charge in [0.05, 0.1) is 19.9 Å². The Hall–Kier alpha value is -4.00. The van der Waals surface area contributed by atoms with Gasteiger partial charge in [-0.15, -0.1) is 0 Å². The zero-order chi connectivity index (χ0) is 22.5. The SMILES string of the molecule is COc1ccc(OC)c(NC(=O)NC[C@@H](c2ccc(F)cc2)c2c[nH]c3ccccc23)c1. The topological polar surface area (TPSA) is 75.4 Å². The summed E-state index contributed by atoms with van der Waals surface area (Å²) >= 11 is 0. The molecule has 0 aliphatic heterocycles. The van der Waals surface area contributed by atoms with Crippen LogP contribution in [0.5, 0.6) is 11.5 Å². The third-order valence-corrected chi connectivity index (χ3v) is 5.39. The second kappa shape index (κ2) is 9.43. The number of anilines is 1. The Morgan fingerprint density at radius 1 is 1.03 bits per heavy atom. The summed E-state index contributed by atoms with van der Waals surface area (Å²) in [7, 11) is 3.09. The van der Waals surface area contributed by atoms with E-state index in [0.717, 1.165) is 22.0 Å². The predicted molar refractivity (Wildman–Crippen MR) is 123 cm³/mol. The van der Waals surface area contributed by atoms with Crippen LogP contribution in [-0.4, -0.2) is 31.8 Å². The first kappa shape index (κ1) is 21.2. The molecule has 7 heteroatoms. The summed E-state index contributed by atoms with van der Waals surface area (Å²) < 4.78 is 24.1. The van der Waals surface area contributed by atoms with Crippen LogP contribution in [0, 0.1) is 5.82 Å². The second-order valence-corrected chi connectivity index (χ2v) is 7.29. The number of aromatic amines is 1. The number of para-hydroxylation sites is 1. The molecule has 0 unspecified atom stereocenters. The smallest absolute Gasteiger partial charge is 0.319 e. The Morgan fingerprint density at radius 2 is 1.81 bits per heavy atom. The summed E-state index contributed by atoms with van der Waals surface area (Å²) in [4.78, 5) is 16.0. The molecule has 1 atom stereocenters. The van der Waals surface area contributed by atoms with Crippen LogP contribution in [0.4, 0.5) is 14.9 Å². The van der Waals surface area contributed by atoms with Crippen molar-refractivity contribution in [2.24, 2.45) is 0 Å². The molecule has 0 saturated carbocycles. The van der Waals surface area contributed by atoms with Gasteiger partial charge in [0.2, 0.25) is 0 Å². The lowest BCUT2D eigenvalue weighted by Crippen LogP contribution is -2.32. The molecule has 4 aromatic rings. The number of halogens is 1. The molecule has 0 aliphatic rings. The van der Waals surface area contributed by atoms with E-state index in [1.54, 1.807) is 37.4 Å². The number of nitrogens with one attached hydrogen (secondary N) is 3. The van der Waals surface area contributed by atoms with E-state index in [0.29, 0.717) is 23.7 Å². The lowest BCUT2D eigenvalue weighted by atomic mass is 9.91. The molecule has 1 heterocycles. The number of carbonyl (C=O) groups excluding carboxylic acids is 1. The molecule has 0 fully saturated rings. The Bertz CT molecular complexity index is 1220. The molecule has 1 aromatic heterocycles. The number of carbonyl (C=O) groups is 1. The van der Waals surface area contributed by atoms with Gasteiger partial charge in [-0.25, -0.2) is 9.18 Å². The van der Waals surface area contributed by atoms with E-state index in [1.807, 2.05) is 30.5 Å². The molecule has 3 N–H and O–H groups in total. The number of aromatic nitrogens is 1. The van der Waals surface area contributed by atoms with Gasteiger partial charge in [0, 0.05) is 35.6 Å². The van der Waals surface area contributed by atoms with Crippen molar-refractivity contribution in [1.82, 2.24) is 10.3 Å². The summed E-state index contributed by atoms with van der Waals surface area (Å²) in [6, 6.07) is 19.1. The molecule has 32 heavy (non-hydrogen) atoms. The minimum atomic E-state index is -0.386. The molecular weight excluding hydrogens is 409 g/mol. The molecule has 0 aliphatic carbocycles. The molecule has 3 aromatic carbocycles. The monoisotopic (exact) mass is 433 g/mol. The van der Waals surface area contributed by atoms with Crippen LogP contribution in [0.15, 0.2) is 72.9 Å². The second-order valence-electron chi connectivity index (χ2n) is 7.29. The molecular formula is C25H24FN3O3. The Kier molecular flexibility index (Phi) is 6.26. The van der Waals surface area contributed by atoms with Crippen LogP contribution in [-0.2, 0) is 0 Å². The fourth-order valence-electron chi connectivity index (χ4n) is 3.76. The van der Waals surface area contributed by atoms with E-state index in [4.69, 9.17) is 9.47 Å². The molecule has 164 valence electrons. The predicted octanol–water partition coefficient (Wildman–Crippen LogP) is 5.28. The van der Waals surface area contributed by atoms with Crippen molar-refractivity contribution in [1.29, 1.82) is 0 Å². The third kappa shape index (κ3) is 4.51. The van der Waals surface area contributed by atoms with Crippen molar-refractivity contribution >= 4 is 22.6 Å². The number of fused-ring (bicyclic) bond motifs is 1. The highest BCUT2D eigenvalue weighted by Crippen LogP contribution is 2.31. The number of benzene rings is 3. The lowest BCUT2D eigenvalue weighted by Gasteiger charge is -2.19. The van der Waals surface area contributed by atoms with E-state index >= 15 is 0 Å². The maximum Gasteiger partial charge on any atom is 0.319 e. The minimum Gasteiger partial charge on any atom is -0.497 e. The molecule has 0 radical (unpaired) electrons. The van der Waals surface area contributed by atoms with Gasteiger partial charge in [0.15, 0.2) is 0 Å². The van der Waals surface area contributed by atoms with Gasteiger partial charge in [-0.1, -0.05) is 30.3 Å². The highest BCUT2D eigenvalue weighted by molar-refractivity contribution is 5.91. The first-order chi connectivity index (χ1) is 15.6. The van der Waals surface area contributed by atoms with Crippen molar-refractivity contribution in [3.63, 3.8) is 0 Å². The first-order valence-corrected chi connectivity index (χ1v) is 10.2. The van der Waals surface area contributed by atoms with Gasteiger partial charge in [0.1, 0.15) is 17.3 Å². The van der Waals surface area contributed by atoms with Crippen LogP contribution in [0.1, 0.15) is 17.0 Å². The maximum atomic E-state index is 13.5. The van der Waals surface area contributed by atoms with E-state index in [-0.39, 0.29) is 17.8 Å². The van der Waals surface area contributed by atoms with Crippen LogP contribution >= 0.6 is 0 Å². The van der Waals surface area contributed by atoms with Crippen LogP contribution in [0.3, 0.4) is 0 Å². The molecule has 0 bridgehead atoms. The Morgan fingerprint density at radius 3 is 2.56 bits per heavy atom. The van der Waals surface area contributed by atoms with Gasteiger partial charge < -0.3 is 25.1 Å². The van der Waals surface area contributed by atoms with Crippen molar-refractivity contribution < 1.29 is 18.7 Å². The summed E-state index contributed by atoms with van der Waals surface area (Å²) in [6.07, 6.45) is 1.93. The molecule has 6 nitrogen and oxygen atoms in total. The van der Waals surface area contributed by atoms with Gasteiger partial charge >= 0.3 is 6.03 Å². The highest BCUT2D eigenvalue weighted by Gasteiger charge is 2.20. The fraction of sp³-hybridized carbons (Fsp3) is 0.160. The number of rotatable bonds is 7. The lowest BCUT2D eigenvalue weighted by molar-refractivity contribution is 0.251. The highest BCUT2D eigenvalue weighted by atomic mass is 19.1. The number of amides is 2. The molecule has 4 rings (SSSR count). The van der Waals surface area contributed by atoms with Crippen LogP contribution < -0.4 is 20.1 Å². The molecule has 0 saturated heterocycles. The van der Waals surface area contributed by atoms with E-state index in [9.17, 15) is 9.18 Å². The number of urea groups is 1. The largest absolute Gasteiger partial charge is 0.497 e. The van der Waals surface area contributed by atoms with E-state index in [1.165, 1.54) is 19.2 Å². The van der Waals surface area contributed by atoms with Crippen molar-refractivity contribution in [3.05, 3.63) is 89.9 Å².